The summed E-state index contributed by atoms with van der Waals surface area (Å²) in [6.45, 7) is 9.22. The molecule has 0 saturated carbocycles. The summed E-state index contributed by atoms with van der Waals surface area (Å²) in [4.78, 5) is 52.7. The molecule has 0 aliphatic carbocycles. The van der Waals surface area contributed by atoms with Gasteiger partial charge in [0, 0.05) is 19.5 Å². The van der Waals surface area contributed by atoms with Crippen LogP contribution in [0.25, 0.3) is 0 Å². The Bertz CT molecular complexity index is 1460. The first-order chi connectivity index (χ1) is 21.6. The fraction of sp³-hybridized carbons (Fsp3) is 0.567. The van der Waals surface area contributed by atoms with Crippen molar-refractivity contribution in [1.29, 1.82) is 0 Å². The number of sulfonamides is 1. The van der Waals surface area contributed by atoms with Crippen LogP contribution in [0, 0.1) is 17.8 Å². The largest absolute Gasteiger partial charge is 0.480 e. The van der Waals surface area contributed by atoms with E-state index < -0.39 is 52.2 Å². The first-order valence-corrected chi connectivity index (χ1v) is 17.0. The first kappa shape index (κ1) is 38.7. The lowest BCUT2D eigenvalue weighted by Gasteiger charge is -2.18. The molecule has 1 aromatic carbocycles. The molecule has 2 rings (SSSR count). The maximum absolute atomic E-state index is 12.9. The van der Waals surface area contributed by atoms with Crippen molar-refractivity contribution in [3.63, 3.8) is 0 Å². The molecule has 2 atom stereocenters. The van der Waals surface area contributed by atoms with Crippen LogP contribution in [0.2, 0.25) is 5.15 Å². The zero-order valence-corrected chi connectivity index (χ0v) is 28.4. The van der Waals surface area contributed by atoms with Crippen LogP contribution < -0.4 is 20.8 Å². The van der Waals surface area contributed by atoms with Crippen LogP contribution in [0.3, 0.4) is 0 Å². The predicted octanol–water partition coefficient (Wildman–Crippen LogP) is 2.61. The minimum Gasteiger partial charge on any atom is -0.480 e. The van der Waals surface area contributed by atoms with E-state index in [9.17, 15) is 32.7 Å². The highest BCUT2D eigenvalue weighted by molar-refractivity contribution is 7.90. The summed E-state index contributed by atoms with van der Waals surface area (Å²) in [6, 6.07) is 5.06. The summed E-state index contributed by atoms with van der Waals surface area (Å²) in [5.74, 6) is -4.19. The van der Waals surface area contributed by atoms with Crippen molar-refractivity contribution in [3.8, 4) is 0 Å². The number of hydrogen-bond donors (Lipinski definition) is 6. The SMILES string of the molecule is CCCCc1nc(Cl)c(CNC(CC(C)C)C(=O)O)n1Cc1ccc(S(=O)(=O)NC(=O)CNC(=O)C(CC(C)C)C(=O)NO)cc1. The Morgan fingerprint density at radius 3 is 2.17 bits per heavy atom. The molecule has 0 aliphatic heterocycles. The number of imidazole rings is 1. The van der Waals surface area contributed by atoms with Crippen LogP contribution in [0.15, 0.2) is 29.2 Å². The monoisotopic (exact) mass is 684 g/mol. The van der Waals surface area contributed by atoms with Gasteiger partial charge < -0.3 is 15.0 Å². The van der Waals surface area contributed by atoms with Gasteiger partial charge in [-0.05, 0) is 48.8 Å². The molecule has 2 unspecified atom stereocenters. The number of unbranched alkanes of at least 4 members (excludes halogenated alkanes) is 1. The predicted molar refractivity (Wildman–Crippen MR) is 170 cm³/mol. The molecule has 1 aromatic heterocycles. The third kappa shape index (κ3) is 11.7. The summed E-state index contributed by atoms with van der Waals surface area (Å²) >= 11 is 6.51. The molecule has 3 amide bonds. The molecule has 1 heterocycles. The molecule has 6 N–H and O–H groups in total. The van der Waals surface area contributed by atoms with Crippen molar-refractivity contribution >= 4 is 45.3 Å². The molecule has 14 nitrogen and oxygen atoms in total. The first-order valence-electron chi connectivity index (χ1n) is 15.2. The van der Waals surface area contributed by atoms with Crippen LogP contribution in [0.1, 0.15) is 77.4 Å². The number of hydroxylamine groups is 1. The topological polar surface area (TPSA) is 209 Å². The molecule has 0 aliphatic rings. The maximum Gasteiger partial charge on any atom is 0.320 e. The molecule has 46 heavy (non-hydrogen) atoms. The number of aryl methyl sites for hydroxylation is 1. The van der Waals surface area contributed by atoms with Gasteiger partial charge >= 0.3 is 5.97 Å². The molecule has 0 fully saturated rings. The van der Waals surface area contributed by atoms with Gasteiger partial charge in [0.2, 0.25) is 5.91 Å². The highest BCUT2D eigenvalue weighted by Gasteiger charge is 2.28. The second-order valence-corrected chi connectivity index (χ2v) is 13.9. The molecule has 16 heteroatoms. The van der Waals surface area contributed by atoms with Gasteiger partial charge in [-0.3, -0.25) is 29.7 Å². The van der Waals surface area contributed by atoms with Crippen molar-refractivity contribution in [3.05, 3.63) is 46.5 Å². The van der Waals surface area contributed by atoms with Crippen molar-refractivity contribution in [2.45, 2.75) is 90.7 Å². The lowest BCUT2D eigenvalue weighted by atomic mass is 9.95. The summed E-state index contributed by atoms with van der Waals surface area (Å²) in [7, 11) is -4.29. The van der Waals surface area contributed by atoms with E-state index in [4.69, 9.17) is 16.8 Å². The Balaban J connectivity index is 2.17. The van der Waals surface area contributed by atoms with Crippen LogP contribution in [0.4, 0.5) is 0 Å². The summed E-state index contributed by atoms with van der Waals surface area (Å²) in [6.07, 6.45) is 2.96. The second-order valence-electron chi connectivity index (χ2n) is 11.9. The number of hydrogen-bond acceptors (Lipinski definition) is 9. The van der Waals surface area contributed by atoms with E-state index in [0.717, 1.165) is 18.7 Å². The second kappa shape index (κ2) is 18.0. The average Bonchev–Trinajstić information content (AvgIpc) is 3.27. The zero-order valence-electron chi connectivity index (χ0n) is 26.8. The van der Waals surface area contributed by atoms with Crippen LogP contribution >= 0.6 is 11.6 Å². The zero-order chi connectivity index (χ0) is 34.6. The highest BCUT2D eigenvalue weighted by Crippen LogP contribution is 2.22. The van der Waals surface area contributed by atoms with E-state index in [1.165, 1.54) is 17.6 Å². The number of carboxylic acid groups (broad SMARTS) is 1. The molecular formula is C30H45ClN6O8S. The van der Waals surface area contributed by atoms with Crippen molar-refractivity contribution in [2.75, 3.05) is 6.54 Å². The van der Waals surface area contributed by atoms with E-state index in [1.54, 1.807) is 26.0 Å². The molecule has 0 spiro atoms. The number of nitrogens with one attached hydrogen (secondary N) is 4. The van der Waals surface area contributed by atoms with Crippen LogP contribution in [-0.2, 0) is 48.7 Å². The van der Waals surface area contributed by atoms with Crippen LogP contribution in [0.5, 0.6) is 0 Å². The minimum absolute atomic E-state index is 0.0684. The highest BCUT2D eigenvalue weighted by atomic mass is 35.5. The quantitative estimate of drug-likeness (QED) is 0.0724. The molecule has 0 saturated heterocycles. The van der Waals surface area contributed by atoms with Gasteiger partial charge in [0.1, 0.15) is 17.8 Å². The Labute approximate surface area is 274 Å². The number of aliphatic carboxylic acids is 1. The van der Waals surface area contributed by atoms with Gasteiger partial charge in [0.05, 0.1) is 17.1 Å². The Kier molecular flexibility index (Phi) is 15.1. The fourth-order valence-electron chi connectivity index (χ4n) is 4.72. The van der Waals surface area contributed by atoms with E-state index in [1.807, 2.05) is 30.1 Å². The smallest absolute Gasteiger partial charge is 0.320 e. The van der Waals surface area contributed by atoms with E-state index in [0.29, 0.717) is 24.1 Å². The number of rotatable bonds is 19. The number of benzene rings is 1. The molecule has 0 radical (unpaired) electrons. The number of halogens is 1. The Morgan fingerprint density at radius 1 is 1.00 bits per heavy atom. The van der Waals surface area contributed by atoms with Crippen molar-refractivity contribution < 1.29 is 37.9 Å². The van der Waals surface area contributed by atoms with Crippen molar-refractivity contribution in [2.24, 2.45) is 17.8 Å². The molecule has 0 bridgehead atoms. The number of nitrogens with zero attached hydrogens (tertiary/aromatic N) is 2. The number of aromatic nitrogens is 2. The number of carbonyl (C=O) groups is 4. The Morgan fingerprint density at radius 2 is 1.63 bits per heavy atom. The summed E-state index contributed by atoms with van der Waals surface area (Å²) < 4.78 is 29.5. The van der Waals surface area contributed by atoms with E-state index in [2.05, 4.69) is 15.6 Å². The van der Waals surface area contributed by atoms with Gasteiger partial charge in [-0.1, -0.05) is 64.8 Å². The van der Waals surface area contributed by atoms with Gasteiger partial charge in [0.15, 0.2) is 5.15 Å². The number of amides is 3. The molecule has 256 valence electrons. The third-order valence-corrected chi connectivity index (χ3v) is 8.77. The van der Waals surface area contributed by atoms with Crippen LogP contribution in [-0.4, -0.2) is 64.6 Å². The van der Waals surface area contributed by atoms with Gasteiger partial charge in [-0.15, -0.1) is 0 Å². The molecular weight excluding hydrogens is 640 g/mol. The fourth-order valence-corrected chi connectivity index (χ4v) is 5.97. The van der Waals surface area contributed by atoms with Gasteiger partial charge in [0.25, 0.3) is 21.8 Å². The Hall–Kier alpha value is -3.53. The minimum atomic E-state index is -4.29. The number of carbonyl (C=O) groups excluding carboxylic acids is 3. The van der Waals surface area contributed by atoms with Gasteiger partial charge in [-0.25, -0.2) is 23.6 Å². The standard InChI is InChI=1S/C30H45ClN6O8S/c1-6-7-8-25-34-27(31)24(15-32-23(30(41)42)14-19(4)5)37(25)17-20-9-11-21(12-10-20)46(44,45)36-26(38)16-33-28(39)22(13-18(2)3)29(40)35-43/h9-12,18-19,22-23,32,43H,6-8,13-17H2,1-5H3,(H,33,39)(H,35,40)(H,36,38)(H,41,42). The van der Waals surface area contributed by atoms with Crippen molar-refractivity contribution in [1.82, 2.24) is 30.4 Å². The summed E-state index contributed by atoms with van der Waals surface area (Å²) in [5, 5.41) is 24.1. The molecule has 2 aromatic rings. The van der Waals surface area contributed by atoms with E-state index in [-0.39, 0.29) is 41.4 Å². The van der Waals surface area contributed by atoms with E-state index >= 15 is 0 Å². The van der Waals surface area contributed by atoms with Gasteiger partial charge in [-0.2, -0.15) is 0 Å². The normalized spacial score (nSPS) is 13.0. The lowest BCUT2D eigenvalue weighted by molar-refractivity contribution is -0.142. The summed E-state index contributed by atoms with van der Waals surface area (Å²) in [5.41, 5.74) is 2.74. The lowest BCUT2D eigenvalue weighted by Crippen LogP contribution is -2.45. The third-order valence-electron chi connectivity index (χ3n) is 7.07. The maximum atomic E-state index is 12.9. The average molecular weight is 685 g/mol. The number of carboxylic acids is 1.